The Kier molecular flexibility index (Phi) is 3.78. The first-order valence-corrected chi connectivity index (χ1v) is 6.39. The fraction of sp³-hybridized carbons (Fsp3) is 0.100. The molecule has 0 atom stereocenters. The van der Waals surface area contributed by atoms with Gasteiger partial charge in [-0.05, 0) is 11.0 Å². The van der Waals surface area contributed by atoms with Crippen LogP contribution in [0.4, 0.5) is 24.8 Å². The molecule has 0 unspecified atom stereocenters. The Balaban J connectivity index is 2.40. The smallest absolute Gasteiger partial charge is 0.390 e. The van der Waals surface area contributed by atoms with E-state index in [2.05, 4.69) is 25.8 Å². The lowest BCUT2D eigenvalue weighted by Crippen LogP contribution is -2.16. The van der Waals surface area contributed by atoms with E-state index in [4.69, 9.17) is 0 Å². The van der Waals surface area contributed by atoms with Crippen LogP contribution in [0, 0.1) is 20.2 Å². The third-order valence-electron chi connectivity index (χ3n) is 3.09. The monoisotopic (exact) mass is 371 g/mol. The summed E-state index contributed by atoms with van der Waals surface area (Å²) in [7, 11) is 0. The predicted molar refractivity (Wildman–Crippen MR) is 72.4 cm³/mol. The minimum Gasteiger partial charge on any atom is -0.390 e. The van der Waals surface area contributed by atoms with E-state index < -0.39 is 38.9 Å². The minimum absolute atomic E-state index is 0.0477. The molecule has 0 aliphatic rings. The number of aromatic nitrogens is 7. The Bertz CT molecular complexity index is 998. The van der Waals surface area contributed by atoms with Crippen molar-refractivity contribution in [1.82, 2.24) is 35.2 Å². The molecule has 16 heteroatoms. The highest BCUT2D eigenvalue weighted by Crippen LogP contribution is 2.40. The van der Waals surface area contributed by atoms with E-state index in [1.165, 1.54) is 6.20 Å². The molecule has 0 saturated heterocycles. The quantitative estimate of drug-likeness (QED) is 0.482. The summed E-state index contributed by atoms with van der Waals surface area (Å²) >= 11 is 0. The van der Waals surface area contributed by atoms with Crippen molar-refractivity contribution in [1.29, 1.82) is 0 Å². The summed E-state index contributed by atoms with van der Waals surface area (Å²) < 4.78 is 41.5. The Hall–Kier alpha value is -3.98. The zero-order chi connectivity index (χ0) is 19.1. The third kappa shape index (κ3) is 2.78. The molecule has 0 bridgehead atoms. The molecule has 0 radical (unpaired) electrons. The van der Waals surface area contributed by atoms with E-state index in [1.807, 2.05) is 0 Å². The summed E-state index contributed by atoms with van der Waals surface area (Å²) in [6.07, 6.45) is -2.80. The number of halogens is 3. The Morgan fingerprint density at radius 3 is 2.35 bits per heavy atom. The van der Waals surface area contributed by atoms with Crippen LogP contribution in [-0.4, -0.2) is 45.0 Å². The molecule has 0 saturated carbocycles. The normalized spacial score (nSPS) is 11.5. The van der Waals surface area contributed by atoms with Gasteiger partial charge in [0.25, 0.3) is 0 Å². The standard InChI is InChI=1S/C10H4F3N9O4/c11-10(12,13)6-3-5(19-2-1-14-17-19)4-7(21(23)24)8(6)20-9(22(25)26)15-16-18-20/h1-4H. The van der Waals surface area contributed by atoms with Gasteiger partial charge in [0, 0.05) is 11.3 Å². The minimum atomic E-state index is -5.11. The van der Waals surface area contributed by atoms with Gasteiger partial charge in [-0.15, -0.1) is 5.10 Å². The molecule has 0 N–H and O–H groups in total. The molecule has 2 heterocycles. The summed E-state index contributed by atoms with van der Waals surface area (Å²) in [6.45, 7) is 0. The molecule has 13 nitrogen and oxygen atoms in total. The molecule has 26 heavy (non-hydrogen) atoms. The van der Waals surface area contributed by atoms with Crippen molar-refractivity contribution in [3.63, 3.8) is 0 Å². The van der Waals surface area contributed by atoms with Gasteiger partial charge in [-0.25, -0.2) is 4.68 Å². The van der Waals surface area contributed by atoms with Gasteiger partial charge in [-0.1, -0.05) is 9.90 Å². The summed E-state index contributed by atoms with van der Waals surface area (Å²) in [5.41, 5.74) is -4.20. The molecule has 0 amide bonds. The van der Waals surface area contributed by atoms with Gasteiger partial charge in [0.05, 0.1) is 33.3 Å². The van der Waals surface area contributed by atoms with Crippen molar-refractivity contribution >= 4 is 11.6 Å². The van der Waals surface area contributed by atoms with Gasteiger partial charge in [0.1, 0.15) is 5.56 Å². The van der Waals surface area contributed by atoms with E-state index in [-0.39, 0.29) is 10.4 Å². The topological polar surface area (TPSA) is 161 Å². The largest absolute Gasteiger partial charge is 0.484 e. The molecule has 0 fully saturated rings. The van der Waals surface area contributed by atoms with Crippen molar-refractivity contribution in [2.24, 2.45) is 0 Å². The number of nitro benzene ring substituents is 1. The molecule has 0 aliphatic carbocycles. The van der Waals surface area contributed by atoms with Crippen LogP contribution in [0.15, 0.2) is 24.5 Å². The highest BCUT2D eigenvalue weighted by Gasteiger charge is 2.43. The molecule has 1 aromatic carbocycles. The van der Waals surface area contributed by atoms with Gasteiger partial charge in [0.15, 0.2) is 0 Å². The first-order chi connectivity index (χ1) is 12.2. The van der Waals surface area contributed by atoms with Crippen molar-refractivity contribution < 1.29 is 23.0 Å². The second kappa shape index (κ2) is 5.83. The number of hydrogen-bond donors (Lipinski definition) is 0. The van der Waals surface area contributed by atoms with E-state index in [1.54, 1.807) is 0 Å². The van der Waals surface area contributed by atoms with E-state index in [0.29, 0.717) is 6.07 Å². The molecule has 0 spiro atoms. The van der Waals surface area contributed by atoms with Crippen LogP contribution in [0.25, 0.3) is 11.4 Å². The van der Waals surface area contributed by atoms with Crippen LogP contribution in [0.3, 0.4) is 0 Å². The van der Waals surface area contributed by atoms with Crippen LogP contribution in [0.5, 0.6) is 0 Å². The van der Waals surface area contributed by atoms with Gasteiger partial charge in [-0.3, -0.25) is 10.1 Å². The fourth-order valence-electron chi connectivity index (χ4n) is 2.10. The summed E-state index contributed by atoms with van der Waals surface area (Å²) in [5.74, 6) is -1.22. The van der Waals surface area contributed by atoms with Gasteiger partial charge >= 0.3 is 17.8 Å². The highest BCUT2D eigenvalue weighted by atomic mass is 19.4. The summed E-state index contributed by atoms with van der Waals surface area (Å²) in [4.78, 5) is 19.9. The van der Waals surface area contributed by atoms with Crippen LogP contribution in [0.1, 0.15) is 5.56 Å². The lowest BCUT2D eigenvalue weighted by Gasteiger charge is -2.12. The number of tetrazole rings is 1. The first kappa shape index (κ1) is 16.9. The predicted octanol–water partition coefficient (Wildman–Crippen LogP) is 1.08. The Labute approximate surface area is 138 Å². The lowest BCUT2D eigenvalue weighted by atomic mass is 10.1. The number of alkyl halides is 3. The Morgan fingerprint density at radius 1 is 1.08 bits per heavy atom. The molecule has 3 aromatic rings. The average molecular weight is 371 g/mol. The van der Waals surface area contributed by atoms with Crippen LogP contribution < -0.4 is 0 Å². The number of hydrogen-bond acceptors (Lipinski definition) is 9. The van der Waals surface area contributed by atoms with Crippen LogP contribution in [-0.2, 0) is 6.18 Å². The number of benzene rings is 1. The molecule has 134 valence electrons. The second-order valence-corrected chi connectivity index (χ2v) is 4.61. The fourth-order valence-corrected chi connectivity index (χ4v) is 2.10. The number of nitro groups is 2. The van der Waals surface area contributed by atoms with Crippen molar-refractivity contribution in [2.75, 3.05) is 0 Å². The maximum Gasteiger partial charge on any atom is 0.484 e. The average Bonchev–Trinajstić information content (AvgIpc) is 3.24. The van der Waals surface area contributed by atoms with Crippen LogP contribution in [0.2, 0.25) is 0 Å². The zero-order valence-electron chi connectivity index (χ0n) is 12.1. The van der Waals surface area contributed by atoms with E-state index in [9.17, 15) is 33.4 Å². The molecule has 2 aromatic heterocycles. The van der Waals surface area contributed by atoms with Crippen molar-refractivity contribution in [3.8, 4) is 11.4 Å². The maximum absolute atomic E-state index is 13.5. The second-order valence-electron chi connectivity index (χ2n) is 4.61. The van der Waals surface area contributed by atoms with Crippen molar-refractivity contribution in [2.45, 2.75) is 6.18 Å². The molecule has 0 aliphatic heterocycles. The lowest BCUT2D eigenvalue weighted by molar-refractivity contribution is -0.397. The number of nitrogens with zero attached hydrogens (tertiary/aromatic N) is 9. The highest BCUT2D eigenvalue weighted by molar-refractivity contribution is 5.64. The Morgan fingerprint density at radius 2 is 1.81 bits per heavy atom. The van der Waals surface area contributed by atoms with Gasteiger partial charge in [-0.2, -0.15) is 13.2 Å². The zero-order valence-corrected chi connectivity index (χ0v) is 12.1. The summed E-state index contributed by atoms with van der Waals surface area (Å²) in [5, 5.41) is 38.1. The maximum atomic E-state index is 13.5. The third-order valence-corrected chi connectivity index (χ3v) is 3.09. The van der Waals surface area contributed by atoms with Crippen molar-refractivity contribution in [3.05, 3.63) is 50.3 Å². The SMILES string of the molecule is O=[N+]([O-])c1cc(-n2ccnn2)cc(C(F)(F)F)c1-n1nnnc1[N+](=O)[O-]. The molecule has 3 rings (SSSR count). The number of rotatable bonds is 4. The molecular formula is C10H4F3N9O4. The van der Waals surface area contributed by atoms with Gasteiger partial charge < -0.3 is 10.1 Å². The van der Waals surface area contributed by atoms with E-state index >= 15 is 0 Å². The summed E-state index contributed by atoms with van der Waals surface area (Å²) in [6, 6.07) is 1.26. The first-order valence-electron chi connectivity index (χ1n) is 6.39. The molecular weight excluding hydrogens is 367 g/mol. The van der Waals surface area contributed by atoms with E-state index in [0.717, 1.165) is 16.9 Å². The van der Waals surface area contributed by atoms with Crippen LogP contribution >= 0.6 is 0 Å². The van der Waals surface area contributed by atoms with Gasteiger partial charge in [0.2, 0.25) is 5.69 Å².